The largest absolute Gasteiger partial charge is 0.673 e. The van der Waals surface area contributed by atoms with E-state index in [1.54, 1.807) is 0 Å². The first-order valence-electron chi connectivity index (χ1n) is 14.6. The van der Waals surface area contributed by atoms with Crippen molar-refractivity contribution in [2.45, 2.75) is 12.8 Å². The highest BCUT2D eigenvalue weighted by Crippen LogP contribution is 2.36. The van der Waals surface area contributed by atoms with Gasteiger partial charge in [-0.15, -0.1) is 0 Å². The molecule has 1 fully saturated rings. The number of allylic oxidation sites excluding steroid dienone is 2. The fourth-order valence-corrected chi connectivity index (χ4v) is 5.15. The molecular formula is C37H32BF4N3. The Balaban J connectivity index is 0.000000743. The molecule has 1 aliphatic rings. The molecule has 6 rings (SSSR count). The van der Waals surface area contributed by atoms with Crippen LogP contribution in [0.25, 0.3) is 22.3 Å². The monoisotopic (exact) mass is 605 g/mol. The molecule has 0 heterocycles. The van der Waals surface area contributed by atoms with Crippen LogP contribution in [0, 0.1) is 0 Å². The van der Waals surface area contributed by atoms with Gasteiger partial charge in [0.25, 0.3) is 0 Å². The van der Waals surface area contributed by atoms with Crippen molar-refractivity contribution >= 4 is 30.0 Å². The first kappa shape index (κ1) is 31.1. The summed E-state index contributed by atoms with van der Waals surface area (Å²) in [7, 11) is -6.00. The molecule has 226 valence electrons. The second-order valence-corrected chi connectivity index (χ2v) is 10.3. The van der Waals surface area contributed by atoms with E-state index in [1.165, 1.54) is 33.4 Å². The van der Waals surface area contributed by atoms with Gasteiger partial charge in [0, 0.05) is 41.0 Å². The molecule has 0 bridgehead atoms. The highest BCUT2D eigenvalue weighted by Gasteiger charge is 2.28. The Labute approximate surface area is 260 Å². The van der Waals surface area contributed by atoms with Gasteiger partial charge in [0.15, 0.2) is 0 Å². The Morgan fingerprint density at radius 1 is 0.511 bits per heavy atom. The van der Waals surface area contributed by atoms with Gasteiger partial charge in [0.05, 0.1) is 5.56 Å². The lowest BCUT2D eigenvalue weighted by atomic mass is 9.93. The van der Waals surface area contributed by atoms with Gasteiger partial charge in [-0.3, -0.25) is 0 Å². The van der Waals surface area contributed by atoms with Crippen molar-refractivity contribution in [1.82, 2.24) is 0 Å². The van der Waals surface area contributed by atoms with Crippen molar-refractivity contribution in [1.29, 1.82) is 0 Å². The van der Waals surface area contributed by atoms with Gasteiger partial charge < -0.3 is 27.9 Å². The number of hydrogen-bond acceptors (Lipinski definition) is 2. The third-order valence-corrected chi connectivity index (χ3v) is 7.15. The molecule has 0 saturated heterocycles. The van der Waals surface area contributed by atoms with Crippen LogP contribution >= 0.6 is 0 Å². The summed E-state index contributed by atoms with van der Waals surface area (Å²) >= 11 is 0. The van der Waals surface area contributed by atoms with Gasteiger partial charge in [-0.25, -0.2) is 4.99 Å². The van der Waals surface area contributed by atoms with Crippen LogP contribution in [0.3, 0.4) is 0 Å². The van der Waals surface area contributed by atoms with E-state index < -0.39 is 7.25 Å². The summed E-state index contributed by atoms with van der Waals surface area (Å²) in [6.45, 7) is 0. The number of para-hydroxylation sites is 2. The average molecular weight is 605 g/mol. The second kappa shape index (κ2) is 14.9. The normalized spacial score (nSPS) is 15.5. The standard InChI is InChI=1S/C37H31N3.BF4/c1-5-14-28(15-6-1)34-22-13-23-35(36(34)29-16-7-2-8-17-29)40-37-30(26-38-32-18-9-3-10-19-32)24-25-31(37)27-39-33-20-11-4-12-21-33;2-1(3,4)5/h1-23,26-27,38-39H,24-25H2;/q;-1/p+1/b30-26-,31-27+,40-37+;. The van der Waals surface area contributed by atoms with E-state index in [1.807, 2.05) is 12.1 Å². The van der Waals surface area contributed by atoms with Crippen molar-refractivity contribution in [3.8, 4) is 22.3 Å². The number of halogens is 4. The minimum Gasteiger partial charge on any atom is -0.418 e. The van der Waals surface area contributed by atoms with E-state index in [9.17, 15) is 17.3 Å². The lowest BCUT2D eigenvalue weighted by Crippen LogP contribution is -2.67. The molecule has 0 spiro atoms. The first-order chi connectivity index (χ1) is 21.8. The lowest BCUT2D eigenvalue weighted by molar-refractivity contribution is -0.351. The Bertz CT molecular complexity index is 1700. The Hall–Kier alpha value is -5.37. The highest BCUT2D eigenvalue weighted by molar-refractivity contribution is 6.50. The van der Waals surface area contributed by atoms with E-state index in [0.717, 1.165) is 35.6 Å². The molecule has 5 aromatic carbocycles. The topological polar surface area (TPSA) is 38.0 Å². The van der Waals surface area contributed by atoms with Crippen LogP contribution in [-0.4, -0.2) is 13.0 Å². The van der Waals surface area contributed by atoms with Crippen LogP contribution in [0.2, 0.25) is 0 Å². The second-order valence-electron chi connectivity index (χ2n) is 10.3. The molecule has 45 heavy (non-hydrogen) atoms. The van der Waals surface area contributed by atoms with Gasteiger partial charge in [-0.1, -0.05) is 109 Å². The number of hydrogen-bond donors (Lipinski definition) is 3. The number of benzene rings is 5. The summed E-state index contributed by atoms with van der Waals surface area (Å²) in [4.78, 5) is 3.89. The Kier molecular flexibility index (Phi) is 10.3. The fourth-order valence-electron chi connectivity index (χ4n) is 5.15. The molecule has 1 saturated carbocycles. The molecule has 0 aromatic heterocycles. The van der Waals surface area contributed by atoms with E-state index in [4.69, 9.17) is 0 Å². The minimum absolute atomic E-state index is 0.948. The number of nitrogens with one attached hydrogen (secondary N) is 3. The summed E-state index contributed by atoms with van der Waals surface area (Å²) in [5.74, 6) is 0. The maximum Gasteiger partial charge on any atom is 0.673 e. The maximum absolute atomic E-state index is 9.75. The third kappa shape index (κ3) is 9.06. The molecule has 0 aliphatic heterocycles. The van der Waals surface area contributed by atoms with Gasteiger partial charge in [0.2, 0.25) is 11.4 Å². The van der Waals surface area contributed by atoms with Gasteiger partial charge in [-0.05, 0) is 53.8 Å². The van der Waals surface area contributed by atoms with Crippen LogP contribution < -0.4 is 15.6 Å². The van der Waals surface area contributed by atoms with Crippen molar-refractivity contribution in [2.75, 3.05) is 10.6 Å². The molecular weight excluding hydrogens is 573 g/mol. The van der Waals surface area contributed by atoms with E-state index in [0.29, 0.717) is 0 Å². The maximum atomic E-state index is 9.75. The fraction of sp³-hybridized carbons (Fsp3) is 0.0541. The molecule has 3 nitrogen and oxygen atoms in total. The smallest absolute Gasteiger partial charge is 0.418 e. The van der Waals surface area contributed by atoms with Gasteiger partial charge in [0.1, 0.15) is 0 Å². The van der Waals surface area contributed by atoms with Crippen molar-refractivity contribution in [3.63, 3.8) is 0 Å². The quantitative estimate of drug-likeness (QED) is 0.128. The summed E-state index contributed by atoms with van der Waals surface area (Å²) in [5, 5.41) is 7.02. The zero-order chi connectivity index (χ0) is 31.5. The van der Waals surface area contributed by atoms with Crippen LogP contribution in [0.1, 0.15) is 12.8 Å². The van der Waals surface area contributed by atoms with Crippen LogP contribution in [0.4, 0.5) is 34.3 Å². The van der Waals surface area contributed by atoms with E-state index in [2.05, 4.69) is 155 Å². The molecule has 3 N–H and O–H groups in total. The molecule has 0 atom stereocenters. The minimum atomic E-state index is -6.00. The lowest BCUT2D eigenvalue weighted by Gasteiger charge is -2.11. The predicted octanol–water partition coefficient (Wildman–Crippen LogP) is 9.26. The van der Waals surface area contributed by atoms with E-state index in [-0.39, 0.29) is 0 Å². The zero-order valence-electron chi connectivity index (χ0n) is 24.4. The molecule has 1 aliphatic carbocycles. The van der Waals surface area contributed by atoms with Gasteiger partial charge in [-0.2, -0.15) is 0 Å². The van der Waals surface area contributed by atoms with Gasteiger partial charge >= 0.3 is 7.25 Å². The summed E-state index contributed by atoms with van der Waals surface area (Å²) in [5.41, 5.74) is 11.6. The summed E-state index contributed by atoms with van der Waals surface area (Å²) in [6.07, 6.45) is 6.18. The molecule has 8 heteroatoms. The third-order valence-electron chi connectivity index (χ3n) is 7.15. The van der Waals surface area contributed by atoms with Crippen LogP contribution in [-0.2, 0) is 0 Å². The van der Waals surface area contributed by atoms with Crippen molar-refractivity contribution in [2.24, 2.45) is 0 Å². The molecule has 0 radical (unpaired) electrons. The number of anilines is 2. The molecule has 5 aromatic rings. The van der Waals surface area contributed by atoms with Crippen LogP contribution in [0.15, 0.2) is 163 Å². The molecule has 0 unspecified atom stereocenters. The van der Waals surface area contributed by atoms with Crippen LogP contribution in [0.5, 0.6) is 0 Å². The van der Waals surface area contributed by atoms with E-state index >= 15 is 0 Å². The predicted molar refractivity (Wildman–Crippen MR) is 179 cm³/mol. The summed E-state index contributed by atoms with van der Waals surface area (Å²) < 4.78 is 39.0. The Morgan fingerprint density at radius 3 is 1.40 bits per heavy atom. The Morgan fingerprint density at radius 2 is 0.933 bits per heavy atom. The first-order valence-corrected chi connectivity index (χ1v) is 14.6. The van der Waals surface area contributed by atoms with Crippen molar-refractivity contribution in [3.05, 3.63) is 163 Å². The number of rotatable bonds is 7. The highest BCUT2D eigenvalue weighted by atomic mass is 19.5. The average Bonchev–Trinajstić information content (AvgIpc) is 3.44. The molecule has 0 amide bonds. The SMILES string of the molecule is C(\Nc1ccccc1)=C1/CCC(=C\Nc2ccccc2)/C1=[NH+]/c1cccc(-c2ccccc2)c1-c1ccccc1.F[B-](F)(F)F. The summed E-state index contributed by atoms with van der Waals surface area (Å²) in [6, 6.07) is 48.4. The van der Waals surface area contributed by atoms with Crippen molar-refractivity contribution < 1.29 is 22.3 Å². The zero-order valence-corrected chi connectivity index (χ0v) is 24.4.